The Hall–Kier alpha value is -2.86. The van der Waals surface area contributed by atoms with Gasteiger partial charge in [-0.1, -0.05) is 60.7 Å². The summed E-state index contributed by atoms with van der Waals surface area (Å²) >= 11 is 0. The topological polar surface area (TPSA) is 158 Å². The Kier molecular flexibility index (Phi) is 15.9. The van der Waals surface area contributed by atoms with Crippen LogP contribution in [0.2, 0.25) is 0 Å². The molecule has 0 amide bonds. The molecule has 10 heteroatoms. The molecule has 2 atom stereocenters. The van der Waals surface area contributed by atoms with Gasteiger partial charge < -0.3 is 40.5 Å². The fourth-order valence-corrected chi connectivity index (χ4v) is 2.61. The second kappa shape index (κ2) is 18.6. The molecule has 0 heterocycles. The van der Waals surface area contributed by atoms with Crippen LogP contribution in [0.25, 0.3) is 0 Å². The van der Waals surface area contributed by atoms with Crippen molar-refractivity contribution in [2.75, 3.05) is 39.4 Å². The zero-order valence-corrected chi connectivity index (χ0v) is 19.0. The van der Waals surface area contributed by atoms with Gasteiger partial charge >= 0.3 is 11.9 Å². The minimum absolute atomic E-state index is 0.298. The van der Waals surface area contributed by atoms with Crippen molar-refractivity contribution in [2.45, 2.75) is 25.4 Å². The number of ether oxygens (including phenoxy) is 2. The standard InChI is InChI=1S/C22H32N2O4.C2H2O4/c25-21(17-27-15-19-7-3-1-4-8-19)13-23-11-12-24-14-22(26)18-28-16-20-9-5-2-6-10-20;3-1(4)2(5)6/h1-10,21-26H,11-18H2;(H,3,4)(H,5,6). The largest absolute Gasteiger partial charge is 0.473 e. The third kappa shape index (κ3) is 15.9. The lowest BCUT2D eigenvalue weighted by Gasteiger charge is -2.14. The Morgan fingerprint density at radius 1 is 0.676 bits per heavy atom. The minimum atomic E-state index is -1.82. The van der Waals surface area contributed by atoms with Gasteiger partial charge in [0, 0.05) is 26.2 Å². The van der Waals surface area contributed by atoms with Crippen LogP contribution >= 0.6 is 0 Å². The quantitative estimate of drug-likeness (QED) is 0.157. The number of nitrogens with one attached hydrogen (secondary N) is 2. The molecule has 2 rings (SSSR count). The van der Waals surface area contributed by atoms with Gasteiger partial charge in [-0.25, -0.2) is 9.59 Å². The van der Waals surface area contributed by atoms with Crippen LogP contribution in [-0.4, -0.2) is 84.0 Å². The van der Waals surface area contributed by atoms with Crippen LogP contribution in [0.5, 0.6) is 0 Å². The maximum atomic E-state index is 9.90. The van der Waals surface area contributed by atoms with Crippen molar-refractivity contribution < 1.29 is 39.5 Å². The van der Waals surface area contributed by atoms with E-state index in [4.69, 9.17) is 29.3 Å². The molecule has 2 aromatic rings. The first kappa shape index (κ1) is 29.2. The van der Waals surface area contributed by atoms with Crippen molar-refractivity contribution in [3.05, 3.63) is 71.8 Å². The first-order chi connectivity index (χ1) is 16.4. The van der Waals surface area contributed by atoms with Gasteiger partial charge in [-0.2, -0.15) is 0 Å². The Bertz CT molecular complexity index is 725. The molecule has 10 nitrogen and oxygen atoms in total. The first-order valence-electron chi connectivity index (χ1n) is 10.9. The number of aliphatic carboxylic acids is 2. The zero-order valence-electron chi connectivity index (χ0n) is 19.0. The number of carboxylic acids is 2. The van der Waals surface area contributed by atoms with Gasteiger partial charge in [-0.05, 0) is 11.1 Å². The van der Waals surface area contributed by atoms with Crippen molar-refractivity contribution in [1.82, 2.24) is 10.6 Å². The number of aliphatic hydroxyl groups is 2. The van der Waals surface area contributed by atoms with Crippen molar-refractivity contribution in [2.24, 2.45) is 0 Å². The van der Waals surface area contributed by atoms with Gasteiger partial charge in [0.2, 0.25) is 0 Å². The normalized spacial score (nSPS) is 12.3. The molecule has 6 N–H and O–H groups in total. The highest BCUT2D eigenvalue weighted by atomic mass is 16.5. The van der Waals surface area contributed by atoms with Gasteiger partial charge in [0.15, 0.2) is 0 Å². The molecule has 0 saturated carbocycles. The lowest BCUT2D eigenvalue weighted by atomic mass is 10.2. The fraction of sp³-hybridized carbons (Fsp3) is 0.417. The van der Waals surface area contributed by atoms with Gasteiger partial charge in [0.1, 0.15) is 0 Å². The summed E-state index contributed by atoms with van der Waals surface area (Å²) in [6, 6.07) is 19.8. The molecule has 0 saturated heterocycles. The summed E-state index contributed by atoms with van der Waals surface area (Å²) in [6.45, 7) is 3.95. The summed E-state index contributed by atoms with van der Waals surface area (Å²) < 4.78 is 11.0. The molecule has 2 unspecified atom stereocenters. The molecule has 0 aliphatic rings. The zero-order chi connectivity index (χ0) is 25.0. The number of carboxylic acid groups (broad SMARTS) is 2. The molecule has 0 spiro atoms. The average Bonchev–Trinajstić information content (AvgIpc) is 2.83. The third-order valence-electron chi connectivity index (χ3n) is 4.27. The van der Waals surface area contributed by atoms with Crippen molar-refractivity contribution >= 4 is 11.9 Å². The smallest absolute Gasteiger partial charge is 0.414 e. The van der Waals surface area contributed by atoms with Crippen LogP contribution < -0.4 is 10.6 Å². The second-order valence-electron chi connectivity index (χ2n) is 7.33. The summed E-state index contributed by atoms with van der Waals surface area (Å²) in [6.07, 6.45) is -1.08. The predicted octanol–water partition coefficient (Wildman–Crippen LogP) is 0.477. The van der Waals surface area contributed by atoms with Gasteiger partial charge in [0.25, 0.3) is 0 Å². The molecular formula is C24H34N2O8. The lowest BCUT2D eigenvalue weighted by Crippen LogP contribution is -2.37. The Labute approximate surface area is 199 Å². The highest BCUT2D eigenvalue weighted by Gasteiger charge is 2.06. The summed E-state index contributed by atoms with van der Waals surface area (Å²) in [5.41, 5.74) is 2.19. The Morgan fingerprint density at radius 2 is 1.03 bits per heavy atom. The van der Waals surface area contributed by atoms with E-state index >= 15 is 0 Å². The fourth-order valence-electron chi connectivity index (χ4n) is 2.61. The van der Waals surface area contributed by atoms with Crippen LogP contribution in [0.15, 0.2) is 60.7 Å². The number of hydrogen-bond donors (Lipinski definition) is 6. The van der Waals surface area contributed by atoms with Crippen molar-refractivity contribution in [3.8, 4) is 0 Å². The molecule has 0 radical (unpaired) electrons. The maximum absolute atomic E-state index is 9.90. The Balaban J connectivity index is 0.000000852. The van der Waals surface area contributed by atoms with Crippen LogP contribution in [0.4, 0.5) is 0 Å². The first-order valence-corrected chi connectivity index (χ1v) is 10.9. The van der Waals surface area contributed by atoms with E-state index in [-0.39, 0.29) is 0 Å². The van der Waals surface area contributed by atoms with Gasteiger partial charge in [-0.3, -0.25) is 0 Å². The number of benzene rings is 2. The van der Waals surface area contributed by atoms with E-state index < -0.39 is 24.1 Å². The van der Waals surface area contributed by atoms with Crippen LogP contribution in [0, 0.1) is 0 Å². The third-order valence-corrected chi connectivity index (χ3v) is 4.27. The van der Waals surface area contributed by atoms with Crippen LogP contribution in [0.3, 0.4) is 0 Å². The average molecular weight is 479 g/mol. The van der Waals surface area contributed by atoms with Gasteiger partial charge in [0.05, 0.1) is 38.6 Å². The Morgan fingerprint density at radius 3 is 1.35 bits per heavy atom. The second-order valence-corrected chi connectivity index (χ2v) is 7.33. The van der Waals surface area contributed by atoms with Gasteiger partial charge in [-0.15, -0.1) is 0 Å². The molecule has 0 bridgehead atoms. The molecule has 2 aromatic carbocycles. The number of rotatable bonds is 15. The number of hydrogen-bond acceptors (Lipinski definition) is 8. The van der Waals surface area contributed by atoms with E-state index in [0.29, 0.717) is 52.6 Å². The monoisotopic (exact) mass is 478 g/mol. The molecule has 34 heavy (non-hydrogen) atoms. The van der Waals surface area contributed by atoms with E-state index in [2.05, 4.69) is 10.6 Å². The minimum Gasteiger partial charge on any atom is -0.473 e. The van der Waals surface area contributed by atoms with Crippen molar-refractivity contribution in [3.63, 3.8) is 0 Å². The highest BCUT2D eigenvalue weighted by Crippen LogP contribution is 2.01. The summed E-state index contributed by atoms with van der Waals surface area (Å²) in [7, 11) is 0. The molecule has 0 aliphatic heterocycles. The number of carbonyl (C=O) groups is 2. The van der Waals surface area contributed by atoms with Crippen LogP contribution in [0.1, 0.15) is 11.1 Å². The molecular weight excluding hydrogens is 444 g/mol. The molecule has 188 valence electrons. The molecule has 0 aliphatic carbocycles. The summed E-state index contributed by atoms with van der Waals surface area (Å²) in [5, 5.41) is 40.9. The molecule has 0 fully saturated rings. The highest BCUT2D eigenvalue weighted by molar-refractivity contribution is 6.27. The van der Waals surface area contributed by atoms with E-state index in [1.165, 1.54) is 0 Å². The SMILES string of the molecule is O=C(O)C(=O)O.OC(CNCCNCC(O)COCc1ccccc1)COCc1ccccc1. The number of aliphatic hydroxyl groups excluding tert-OH is 2. The summed E-state index contributed by atoms with van der Waals surface area (Å²) in [4.78, 5) is 18.2. The lowest BCUT2D eigenvalue weighted by molar-refractivity contribution is -0.159. The van der Waals surface area contributed by atoms with Crippen molar-refractivity contribution in [1.29, 1.82) is 0 Å². The van der Waals surface area contributed by atoms with E-state index in [1.807, 2.05) is 60.7 Å². The van der Waals surface area contributed by atoms with Crippen LogP contribution in [-0.2, 0) is 32.3 Å². The predicted molar refractivity (Wildman–Crippen MR) is 125 cm³/mol. The van der Waals surface area contributed by atoms with E-state index in [1.54, 1.807) is 0 Å². The maximum Gasteiger partial charge on any atom is 0.414 e. The van der Waals surface area contributed by atoms with E-state index in [9.17, 15) is 10.2 Å². The summed E-state index contributed by atoms with van der Waals surface area (Å²) in [5.74, 6) is -3.65. The van der Waals surface area contributed by atoms with E-state index in [0.717, 1.165) is 11.1 Å². The molecule has 0 aromatic heterocycles.